The van der Waals surface area contributed by atoms with Gasteiger partial charge in [0.2, 0.25) is 0 Å². The number of nitrogens with one attached hydrogen (secondary N) is 1. The highest BCUT2D eigenvalue weighted by atomic mass is 16.5. The molecule has 6 nitrogen and oxygen atoms in total. The van der Waals surface area contributed by atoms with Gasteiger partial charge in [-0.25, -0.2) is 4.79 Å². The van der Waals surface area contributed by atoms with Crippen molar-refractivity contribution in [3.63, 3.8) is 0 Å². The Kier molecular flexibility index (Phi) is 3.48. The van der Waals surface area contributed by atoms with Gasteiger partial charge in [0.05, 0.1) is 12.3 Å². The van der Waals surface area contributed by atoms with Crippen LogP contribution in [0.15, 0.2) is 40.1 Å². The first-order valence-corrected chi connectivity index (χ1v) is 5.65. The highest BCUT2D eigenvalue weighted by Crippen LogP contribution is 2.15. The Morgan fingerprint density at radius 3 is 2.89 bits per heavy atom. The maximum absolute atomic E-state index is 11.7. The van der Waals surface area contributed by atoms with Gasteiger partial charge in [-0.15, -0.1) is 0 Å². The molecule has 2 aromatic rings. The maximum Gasteiger partial charge on any atom is 0.332 e. The van der Waals surface area contributed by atoms with E-state index in [0.717, 1.165) is 0 Å². The van der Waals surface area contributed by atoms with Crippen molar-refractivity contribution in [2.45, 2.75) is 6.92 Å². The summed E-state index contributed by atoms with van der Waals surface area (Å²) < 4.78 is 6.53. The predicted octanol–water partition coefficient (Wildman–Crippen LogP) is 0.796. The predicted molar refractivity (Wildman–Crippen MR) is 68.5 cm³/mol. The van der Waals surface area contributed by atoms with Gasteiger partial charge in [-0.05, 0) is 19.1 Å². The summed E-state index contributed by atoms with van der Waals surface area (Å²) in [4.78, 5) is 25.1. The molecule has 0 spiro atoms. The molecule has 0 radical (unpaired) electrons. The van der Waals surface area contributed by atoms with Gasteiger partial charge in [0, 0.05) is 12.3 Å². The number of nitrogens with zero attached hydrogens (tertiary/aromatic N) is 2. The van der Waals surface area contributed by atoms with Gasteiger partial charge < -0.3 is 4.74 Å². The van der Waals surface area contributed by atoms with E-state index in [1.807, 2.05) is 6.92 Å². The standard InChI is InChI=1S/C13H11N3O3/c1-2-19-11-5-3-4-10(6-11)16-8-9(7-14)12(17)15-13(16)18/h3-6,8H,2H2,1H3,(H,15,17,18). The molecule has 0 fully saturated rings. The first-order valence-electron chi connectivity index (χ1n) is 5.65. The Morgan fingerprint density at radius 1 is 1.42 bits per heavy atom. The van der Waals surface area contributed by atoms with Gasteiger partial charge in [-0.3, -0.25) is 14.3 Å². The lowest BCUT2D eigenvalue weighted by Gasteiger charge is -2.08. The SMILES string of the molecule is CCOc1cccc(-n2cc(C#N)c(=O)[nH]c2=O)c1. The van der Waals surface area contributed by atoms with Gasteiger partial charge in [-0.1, -0.05) is 6.07 Å². The van der Waals surface area contributed by atoms with E-state index in [1.54, 1.807) is 30.3 Å². The zero-order valence-electron chi connectivity index (χ0n) is 10.2. The van der Waals surface area contributed by atoms with Crippen molar-refractivity contribution in [1.82, 2.24) is 9.55 Å². The topological polar surface area (TPSA) is 87.9 Å². The van der Waals surface area contributed by atoms with E-state index in [4.69, 9.17) is 10.00 Å². The van der Waals surface area contributed by atoms with E-state index in [9.17, 15) is 9.59 Å². The molecule has 0 saturated carbocycles. The van der Waals surface area contributed by atoms with Crippen molar-refractivity contribution in [3.05, 3.63) is 56.9 Å². The molecule has 1 aromatic carbocycles. The molecule has 96 valence electrons. The molecule has 6 heteroatoms. The first kappa shape index (κ1) is 12.6. The number of ether oxygens (including phenoxy) is 1. The number of nitriles is 1. The number of H-pyrrole nitrogens is 1. The van der Waals surface area contributed by atoms with Crippen LogP contribution in [0.25, 0.3) is 5.69 Å². The summed E-state index contributed by atoms with van der Waals surface area (Å²) >= 11 is 0. The van der Waals surface area contributed by atoms with Gasteiger partial charge in [-0.2, -0.15) is 5.26 Å². The number of aromatic nitrogens is 2. The molecule has 0 atom stereocenters. The van der Waals surface area contributed by atoms with Crippen LogP contribution in [-0.4, -0.2) is 16.2 Å². The smallest absolute Gasteiger partial charge is 0.332 e. The normalized spacial score (nSPS) is 9.89. The Balaban J connectivity index is 2.59. The second-order valence-corrected chi connectivity index (χ2v) is 3.71. The molecule has 1 N–H and O–H groups in total. The lowest BCUT2D eigenvalue weighted by atomic mass is 10.3. The minimum absolute atomic E-state index is 0.124. The molecule has 19 heavy (non-hydrogen) atoms. The molecule has 0 saturated heterocycles. The first-order chi connectivity index (χ1) is 9.15. The lowest BCUT2D eigenvalue weighted by Crippen LogP contribution is -2.30. The largest absolute Gasteiger partial charge is 0.494 e. The summed E-state index contributed by atoms with van der Waals surface area (Å²) in [5.74, 6) is 0.608. The van der Waals surface area contributed by atoms with Crippen LogP contribution < -0.4 is 16.0 Å². The van der Waals surface area contributed by atoms with Gasteiger partial charge in [0.1, 0.15) is 17.4 Å². The average molecular weight is 257 g/mol. The molecular weight excluding hydrogens is 246 g/mol. The number of hydrogen-bond acceptors (Lipinski definition) is 4. The Labute approximate surface area is 108 Å². The van der Waals surface area contributed by atoms with Crippen molar-refractivity contribution < 1.29 is 4.74 Å². The average Bonchev–Trinajstić information content (AvgIpc) is 2.39. The van der Waals surface area contributed by atoms with Crippen LogP contribution in [0.4, 0.5) is 0 Å². The zero-order chi connectivity index (χ0) is 13.8. The summed E-state index contributed by atoms with van der Waals surface area (Å²) in [5, 5.41) is 8.81. The minimum atomic E-state index is -0.690. The van der Waals surface area contributed by atoms with E-state index >= 15 is 0 Å². The highest BCUT2D eigenvalue weighted by Gasteiger charge is 2.06. The monoisotopic (exact) mass is 257 g/mol. The molecule has 0 bridgehead atoms. The summed E-state index contributed by atoms with van der Waals surface area (Å²) in [6.07, 6.45) is 1.21. The number of aromatic amines is 1. The fourth-order valence-corrected chi connectivity index (χ4v) is 1.63. The third-order valence-corrected chi connectivity index (χ3v) is 2.47. The Hall–Kier alpha value is -2.81. The van der Waals surface area contributed by atoms with Gasteiger partial charge in [0.25, 0.3) is 5.56 Å². The molecule has 0 unspecified atom stereocenters. The zero-order valence-corrected chi connectivity index (χ0v) is 10.2. The Bertz CT molecular complexity index is 753. The third-order valence-electron chi connectivity index (χ3n) is 2.47. The van der Waals surface area contributed by atoms with Crippen LogP contribution in [0.5, 0.6) is 5.75 Å². The molecule has 2 rings (SSSR count). The summed E-state index contributed by atoms with van der Waals surface area (Å²) in [6, 6.07) is 8.56. The van der Waals surface area contributed by atoms with Crippen molar-refractivity contribution in [1.29, 1.82) is 5.26 Å². The second kappa shape index (κ2) is 5.23. The molecule has 0 aliphatic rings. The number of benzene rings is 1. The lowest BCUT2D eigenvalue weighted by molar-refractivity contribution is 0.340. The van der Waals surface area contributed by atoms with Crippen molar-refractivity contribution in [2.75, 3.05) is 6.61 Å². The van der Waals surface area contributed by atoms with Crippen LogP contribution in [0, 0.1) is 11.3 Å². The van der Waals surface area contributed by atoms with Crippen LogP contribution in [0.3, 0.4) is 0 Å². The number of hydrogen-bond donors (Lipinski definition) is 1. The van der Waals surface area contributed by atoms with Gasteiger partial charge in [0.15, 0.2) is 0 Å². The molecule has 1 heterocycles. The van der Waals surface area contributed by atoms with Crippen molar-refractivity contribution in [2.24, 2.45) is 0 Å². The fraction of sp³-hybridized carbons (Fsp3) is 0.154. The molecule has 1 aromatic heterocycles. The van der Waals surface area contributed by atoms with Crippen molar-refractivity contribution >= 4 is 0 Å². The summed E-state index contributed by atoms with van der Waals surface area (Å²) in [5.41, 5.74) is -0.896. The van der Waals surface area contributed by atoms with E-state index in [0.29, 0.717) is 18.0 Å². The minimum Gasteiger partial charge on any atom is -0.494 e. The maximum atomic E-state index is 11.7. The fourth-order valence-electron chi connectivity index (χ4n) is 1.63. The highest BCUT2D eigenvalue weighted by molar-refractivity contribution is 5.40. The second-order valence-electron chi connectivity index (χ2n) is 3.71. The Morgan fingerprint density at radius 2 is 2.21 bits per heavy atom. The van der Waals surface area contributed by atoms with E-state index in [1.165, 1.54) is 10.8 Å². The van der Waals surface area contributed by atoms with Gasteiger partial charge >= 0.3 is 5.69 Å². The number of rotatable bonds is 3. The van der Waals surface area contributed by atoms with Crippen LogP contribution >= 0.6 is 0 Å². The summed E-state index contributed by atoms with van der Waals surface area (Å²) in [7, 11) is 0. The third kappa shape index (κ3) is 2.55. The van der Waals surface area contributed by atoms with Crippen LogP contribution in [0.2, 0.25) is 0 Å². The quantitative estimate of drug-likeness (QED) is 0.880. The molecule has 0 amide bonds. The van der Waals surface area contributed by atoms with E-state index < -0.39 is 11.2 Å². The molecule has 0 aliphatic carbocycles. The van der Waals surface area contributed by atoms with Crippen LogP contribution in [-0.2, 0) is 0 Å². The summed E-state index contributed by atoms with van der Waals surface area (Å²) in [6.45, 7) is 2.36. The van der Waals surface area contributed by atoms with E-state index in [2.05, 4.69) is 4.98 Å². The van der Waals surface area contributed by atoms with Crippen molar-refractivity contribution in [3.8, 4) is 17.5 Å². The molecular formula is C13H11N3O3. The van der Waals surface area contributed by atoms with Crippen LogP contribution in [0.1, 0.15) is 12.5 Å². The molecule has 0 aliphatic heterocycles. The van der Waals surface area contributed by atoms with E-state index in [-0.39, 0.29) is 5.56 Å².